The topological polar surface area (TPSA) is 72.4 Å². The Morgan fingerprint density at radius 2 is 1.74 bits per heavy atom. The average Bonchev–Trinajstić information content (AvgIpc) is 2.70. The fourth-order valence-corrected chi connectivity index (χ4v) is 2.94. The third-order valence-corrected chi connectivity index (χ3v) is 4.57. The number of carbonyl (C=O) groups is 1. The van der Waals surface area contributed by atoms with Gasteiger partial charge in [0.1, 0.15) is 23.6 Å². The van der Waals surface area contributed by atoms with Gasteiger partial charge in [-0.15, -0.1) is 0 Å². The van der Waals surface area contributed by atoms with Crippen LogP contribution in [0.15, 0.2) is 48.5 Å². The van der Waals surface area contributed by atoms with Crippen LogP contribution in [0, 0.1) is 0 Å². The van der Waals surface area contributed by atoms with Gasteiger partial charge in [0.05, 0.1) is 27.2 Å². The van der Waals surface area contributed by atoms with Gasteiger partial charge >= 0.3 is 0 Å². The zero-order valence-electron chi connectivity index (χ0n) is 16.0. The summed E-state index contributed by atoms with van der Waals surface area (Å²) < 4.78 is 10.3. The first-order chi connectivity index (χ1) is 12.6. The van der Waals surface area contributed by atoms with Crippen molar-refractivity contribution in [3.8, 4) is 11.5 Å². The molecule has 148 valence electrons. The van der Waals surface area contributed by atoms with Gasteiger partial charge in [-0.05, 0) is 36.2 Å². The smallest absolute Gasteiger partial charge is 0.168 e. The Labute approximate surface area is 167 Å². The fraction of sp³-hybridized carbons (Fsp3) is 0.381. The molecule has 0 heterocycles. The molecule has 0 aliphatic carbocycles. The number of benzene rings is 2. The highest BCUT2D eigenvalue weighted by Gasteiger charge is 2.22. The first-order valence-corrected chi connectivity index (χ1v) is 8.91. The molecular formula is C21H28ClNO4. The summed E-state index contributed by atoms with van der Waals surface area (Å²) in [6.45, 7) is 2.67. The Kier molecular flexibility index (Phi) is 9.86. The molecular weight excluding hydrogens is 366 g/mol. The number of ketones is 1. The predicted octanol–water partition coefficient (Wildman–Crippen LogP) is -0.644. The van der Waals surface area contributed by atoms with E-state index in [0.29, 0.717) is 24.3 Å². The second-order valence-electron chi connectivity index (χ2n) is 6.22. The quantitative estimate of drug-likeness (QED) is 0.526. The Morgan fingerprint density at radius 1 is 1.07 bits per heavy atom. The molecule has 3 N–H and O–H groups in total. The minimum atomic E-state index is -0.585. The number of rotatable bonds is 10. The van der Waals surface area contributed by atoms with Crippen LogP contribution in [-0.2, 0) is 0 Å². The summed E-state index contributed by atoms with van der Waals surface area (Å²) in [6.07, 6.45) is 0.636. The van der Waals surface area contributed by atoms with Crippen molar-refractivity contribution in [3.63, 3.8) is 0 Å². The van der Waals surface area contributed by atoms with Crippen molar-refractivity contribution in [2.45, 2.75) is 31.9 Å². The Bertz CT molecular complexity index is 706. The summed E-state index contributed by atoms with van der Waals surface area (Å²) in [5.74, 6) is 1.52. The maximum atomic E-state index is 12.3. The first kappa shape index (κ1) is 23.0. The minimum absolute atomic E-state index is 0. The third kappa shape index (κ3) is 6.54. The van der Waals surface area contributed by atoms with Crippen molar-refractivity contribution < 1.29 is 37.1 Å². The highest BCUT2D eigenvalue weighted by molar-refractivity contribution is 5.96. The van der Waals surface area contributed by atoms with Gasteiger partial charge in [0.15, 0.2) is 5.78 Å². The Morgan fingerprint density at radius 3 is 2.33 bits per heavy atom. The van der Waals surface area contributed by atoms with E-state index in [4.69, 9.17) is 9.47 Å². The number of halogens is 1. The normalized spacial score (nSPS) is 12.6. The second kappa shape index (κ2) is 11.6. The van der Waals surface area contributed by atoms with E-state index in [1.54, 1.807) is 26.4 Å². The summed E-state index contributed by atoms with van der Waals surface area (Å²) >= 11 is 0. The van der Waals surface area contributed by atoms with Crippen molar-refractivity contribution in [2.24, 2.45) is 0 Å². The lowest BCUT2D eigenvalue weighted by molar-refractivity contribution is -0.697. The van der Waals surface area contributed by atoms with Crippen molar-refractivity contribution in [2.75, 3.05) is 20.8 Å². The van der Waals surface area contributed by atoms with Crippen molar-refractivity contribution in [3.05, 3.63) is 59.7 Å². The summed E-state index contributed by atoms with van der Waals surface area (Å²) in [5, 5.41) is 12.7. The molecule has 0 spiro atoms. The van der Waals surface area contributed by atoms with E-state index in [0.717, 1.165) is 17.7 Å². The molecule has 2 aromatic carbocycles. The molecule has 0 aromatic heterocycles. The number of aliphatic hydroxyl groups excluding tert-OH is 1. The summed E-state index contributed by atoms with van der Waals surface area (Å²) in [7, 11) is 3.21. The van der Waals surface area contributed by atoms with Gasteiger partial charge in [0.2, 0.25) is 0 Å². The van der Waals surface area contributed by atoms with Crippen LogP contribution in [0.3, 0.4) is 0 Å². The van der Waals surface area contributed by atoms with Crippen molar-refractivity contribution >= 4 is 5.78 Å². The van der Waals surface area contributed by atoms with Gasteiger partial charge in [0, 0.05) is 5.56 Å². The maximum Gasteiger partial charge on any atom is 0.168 e. The van der Waals surface area contributed by atoms with E-state index < -0.39 is 6.10 Å². The van der Waals surface area contributed by atoms with E-state index in [-0.39, 0.29) is 24.2 Å². The van der Waals surface area contributed by atoms with E-state index in [2.05, 4.69) is 0 Å². The van der Waals surface area contributed by atoms with E-state index >= 15 is 0 Å². The average molecular weight is 394 g/mol. The van der Waals surface area contributed by atoms with Crippen molar-refractivity contribution in [1.82, 2.24) is 0 Å². The standard InChI is InChI=1S/C21H27NO4.ClH/c1-4-19(21(24)15-8-10-17(25-2)11-9-15)22-13-12-20(23)16-6-5-7-18(14-16)26-3;/h5-11,14,19,21-22,24H,4,12-13H2,1-3H3;1H. The van der Waals surface area contributed by atoms with E-state index in [1.807, 2.05) is 48.6 Å². The molecule has 0 aliphatic rings. The molecule has 0 amide bonds. The Balaban J connectivity index is 0.00000364. The number of Topliss-reactive ketones (excluding diaryl/α,β-unsaturated/α-hetero) is 1. The van der Waals surface area contributed by atoms with Gasteiger partial charge in [-0.25, -0.2) is 0 Å². The van der Waals surface area contributed by atoms with Crippen LogP contribution in [0.25, 0.3) is 0 Å². The highest BCUT2D eigenvalue weighted by atomic mass is 35.5. The van der Waals surface area contributed by atoms with Crippen LogP contribution in [0.5, 0.6) is 11.5 Å². The molecule has 2 atom stereocenters. The van der Waals surface area contributed by atoms with Crippen LogP contribution >= 0.6 is 0 Å². The van der Waals surface area contributed by atoms with E-state index in [9.17, 15) is 9.90 Å². The van der Waals surface area contributed by atoms with E-state index in [1.165, 1.54) is 0 Å². The maximum absolute atomic E-state index is 12.3. The van der Waals surface area contributed by atoms with Crippen LogP contribution in [0.4, 0.5) is 0 Å². The molecule has 0 aliphatic heterocycles. The summed E-state index contributed by atoms with van der Waals surface area (Å²) in [6, 6.07) is 14.6. The zero-order chi connectivity index (χ0) is 18.9. The number of methoxy groups -OCH3 is 2. The third-order valence-electron chi connectivity index (χ3n) is 4.57. The number of hydrogen-bond acceptors (Lipinski definition) is 4. The lowest BCUT2D eigenvalue weighted by Gasteiger charge is -2.20. The number of carbonyl (C=O) groups excluding carboxylic acids is 1. The molecule has 0 saturated carbocycles. The second-order valence-corrected chi connectivity index (χ2v) is 6.22. The van der Waals surface area contributed by atoms with Crippen LogP contribution in [-0.4, -0.2) is 37.7 Å². The number of ether oxygens (including phenoxy) is 2. The minimum Gasteiger partial charge on any atom is -1.00 e. The molecule has 0 saturated heterocycles. The molecule has 2 rings (SSSR count). The molecule has 0 bridgehead atoms. The predicted molar refractivity (Wildman–Crippen MR) is 101 cm³/mol. The molecule has 6 heteroatoms. The number of hydrogen-bond donors (Lipinski definition) is 2. The zero-order valence-corrected chi connectivity index (χ0v) is 16.8. The lowest BCUT2D eigenvalue weighted by atomic mass is 9.99. The molecule has 2 aromatic rings. The van der Waals surface area contributed by atoms with Gasteiger partial charge in [0.25, 0.3) is 0 Å². The first-order valence-electron chi connectivity index (χ1n) is 8.91. The monoisotopic (exact) mass is 393 g/mol. The number of aliphatic hydroxyl groups is 1. The fourth-order valence-electron chi connectivity index (χ4n) is 2.94. The van der Waals surface area contributed by atoms with Crippen LogP contribution in [0.2, 0.25) is 0 Å². The van der Waals surface area contributed by atoms with Gasteiger partial charge in [-0.3, -0.25) is 4.79 Å². The molecule has 27 heavy (non-hydrogen) atoms. The van der Waals surface area contributed by atoms with Gasteiger partial charge in [-0.2, -0.15) is 0 Å². The van der Waals surface area contributed by atoms with Crippen molar-refractivity contribution in [1.29, 1.82) is 0 Å². The number of nitrogens with two attached hydrogens (primary N) is 1. The molecule has 2 unspecified atom stereocenters. The van der Waals surface area contributed by atoms with Crippen LogP contribution in [0.1, 0.15) is 41.8 Å². The molecule has 5 nitrogen and oxygen atoms in total. The largest absolute Gasteiger partial charge is 1.00 e. The van der Waals surface area contributed by atoms with Gasteiger partial charge < -0.3 is 32.3 Å². The SMILES string of the molecule is CCC([NH2+]CCC(=O)c1cccc(OC)c1)C(O)c1ccc(OC)cc1.[Cl-]. The van der Waals surface area contributed by atoms with Crippen LogP contribution < -0.4 is 27.2 Å². The number of quaternary nitrogens is 1. The molecule has 0 radical (unpaired) electrons. The lowest BCUT2D eigenvalue weighted by Crippen LogP contribution is -3.00. The van der Waals surface area contributed by atoms with Gasteiger partial charge in [-0.1, -0.05) is 31.2 Å². The molecule has 0 fully saturated rings. The summed E-state index contributed by atoms with van der Waals surface area (Å²) in [4.78, 5) is 12.3. The Hall–Kier alpha value is -2.08. The highest BCUT2D eigenvalue weighted by Crippen LogP contribution is 2.20. The summed E-state index contributed by atoms with van der Waals surface area (Å²) in [5.41, 5.74) is 1.51.